The normalized spacial score (nSPS) is 19.0. The maximum absolute atomic E-state index is 13.3. The highest BCUT2D eigenvalue weighted by Gasteiger charge is 2.51. The van der Waals surface area contributed by atoms with Crippen LogP contribution in [0.25, 0.3) is 0 Å². The maximum atomic E-state index is 13.3. The molecule has 1 atom stereocenters. The van der Waals surface area contributed by atoms with Crippen LogP contribution in [0.4, 0.5) is 14.9 Å². The van der Waals surface area contributed by atoms with Crippen LogP contribution >= 0.6 is 0 Å². The molecule has 3 rings (SSSR count). The van der Waals surface area contributed by atoms with Gasteiger partial charge in [-0.05, 0) is 47.2 Å². The summed E-state index contributed by atoms with van der Waals surface area (Å²) in [7, 11) is 0. The number of carbonyl (C=O) groups is 3. The Hall–Kier alpha value is -3.22. The third kappa shape index (κ3) is 4.06. The summed E-state index contributed by atoms with van der Waals surface area (Å²) in [5.41, 5.74) is 0.874. The second kappa shape index (κ2) is 7.89. The molecule has 2 N–H and O–H groups in total. The van der Waals surface area contributed by atoms with E-state index in [0.29, 0.717) is 11.3 Å². The van der Waals surface area contributed by atoms with E-state index < -0.39 is 35.7 Å². The van der Waals surface area contributed by atoms with Crippen molar-refractivity contribution in [2.24, 2.45) is 0 Å². The van der Waals surface area contributed by atoms with Crippen LogP contribution < -0.4 is 10.6 Å². The van der Waals surface area contributed by atoms with Gasteiger partial charge in [-0.3, -0.25) is 14.5 Å². The number of amides is 4. The Balaban J connectivity index is 1.73. The molecule has 1 aliphatic rings. The lowest BCUT2D eigenvalue weighted by molar-refractivity contribution is -0.134. The molecule has 30 heavy (non-hydrogen) atoms. The fourth-order valence-corrected chi connectivity index (χ4v) is 3.54. The summed E-state index contributed by atoms with van der Waals surface area (Å²) in [6.45, 7) is 7.63. The van der Waals surface area contributed by atoms with Crippen LogP contribution in [0.15, 0.2) is 48.5 Å². The van der Waals surface area contributed by atoms with E-state index in [0.717, 1.165) is 10.5 Å². The molecule has 0 spiro atoms. The van der Waals surface area contributed by atoms with E-state index in [1.807, 2.05) is 12.1 Å². The van der Waals surface area contributed by atoms with Crippen molar-refractivity contribution in [1.82, 2.24) is 10.2 Å². The van der Waals surface area contributed by atoms with Gasteiger partial charge in [0.2, 0.25) is 5.91 Å². The maximum Gasteiger partial charge on any atom is 0.325 e. The van der Waals surface area contributed by atoms with Crippen molar-refractivity contribution >= 4 is 23.5 Å². The van der Waals surface area contributed by atoms with Gasteiger partial charge in [-0.25, -0.2) is 9.18 Å². The van der Waals surface area contributed by atoms with Gasteiger partial charge < -0.3 is 10.6 Å². The van der Waals surface area contributed by atoms with Gasteiger partial charge >= 0.3 is 6.03 Å². The molecule has 7 heteroatoms. The number of carbonyl (C=O) groups excluding carboxylic acids is 3. The lowest BCUT2D eigenvalue weighted by Crippen LogP contribution is -2.44. The highest BCUT2D eigenvalue weighted by Crippen LogP contribution is 2.32. The van der Waals surface area contributed by atoms with E-state index in [1.165, 1.54) is 24.3 Å². The van der Waals surface area contributed by atoms with Crippen LogP contribution in [0.5, 0.6) is 0 Å². The summed E-state index contributed by atoms with van der Waals surface area (Å²) in [4.78, 5) is 38.9. The van der Waals surface area contributed by atoms with E-state index in [1.54, 1.807) is 19.1 Å². The summed E-state index contributed by atoms with van der Waals surface area (Å²) >= 11 is 0. The molecule has 0 radical (unpaired) electrons. The van der Waals surface area contributed by atoms with Crippen molar-refractivity contribution in [1.29, 1.82) is 0 Å². The highest BCUT2D eigenvalue weighted by molar-refractivity contribution is 6.10. The molecule has 1 saturated heterocycles. The van der Waals surface area contributed by atoms with Crippen molar-refractivity contribution in [2.75, 3.05) is 11.9 Å². The Bertz CT molecular complexity index is 965. The van der Waals surface area contributed by atoms with Crippen molar-refractivity contribution in [3.8, 4) is 0 Å². The number of hydrogen-bond acceptors (Lipinski definition) is 3. The van der Waals surface area contributed by atoms with E-state index in [4.69, 9.17) is 0 Å². The topological polar surface area (TPSA) is 78.5 Å². The molecule has 2 aromatic rings. The van der Waals surface area contributed by atoms with Crippen LogP contribution in [-0.2, 0) is 20.5 Å². The van der Waals surface area contributed by atoms with Crippen molar-refractivity contribution in [3.63, 3.8) is 0 Å². The predicted octanol–water partition coefficient (Wildman–Crippen LogP) is 3.92. The number of rotatable bonds is 5. The van der Waals surface area contributed by atoms with Gasteiger partial charge in [0, 0.05) is 5.69 Å². The van der Waals surface area contributed by atoms with E-state index in [-0.39, 0.29) is 11.8 Å². The molecular weight excluding hydrogens is 385 g/mol. The van der Waals surface area contributed by atoms with Gasteiger partial charge in [-0.2, -0.15) is 0 Å². The molecule has 0 aromatic heterocycles. The minimum absolute atomic E-state index is 0.00751. The number of hydrogen-bond donors (Lipinski definition) is 2. The summed E-state index contributed by atoms with van der Waals surface area (Å²) in [6, 6.07) is 12.2. The molecule has 1 heterocycles. The Morgan fingerprint density at radius 1 is 1.07 bits per heavy atom. The van der Waals surface area contributed by atoms with E-state index in [2.05, 4.69) is 31.4 Å². The Labute approximate surface area is 175 Å². The van der Waals surface area contributed by atoms with Crippen LogP contribution in [0.3, 0.4) is 0 Å². The second-order valence-electron chi connectivity index (χ2n) is 8.46. The minimum Gasteiger partial charge on any atom is -0.325 e. The average molecular weight is 411 g/mol. The quantitative estimate of drug-likeness (QED) is 0.732. The Morgan fingerprint density at radius 2 is 1.67 bits per heavy atom. The first-order chi connectivity index (χ1) is 14.1. The van der Waals surface area contributed by atoms with Crippen LogP contribution in [-0.4, -0.2) is 29.3 Å². The zero-order valence-electron chi connectivity index (χ0n) is 17.6. The lowest BCUT2D eigenvalue weighted by atomic mass is 9.87. The van der Waals surface area contributed by atoms with Gasteiger partial charge in [0.05, 0.1) is 0 Å². The SMILES string of the molecule is CC[C@]1(c2ccc(F)cc2)NC(=O)N(CC(=O)Nc2ccc(C(C)(C)C)cc2)C1=O. The molecule has 6 nitrogen and oxygen atoms in total. The van der Waals surface area contributed by atoms with Crippen LogP contribution in [0.2, 0.25) is 0 Å². The van der Waals surface area contributed by atoms with Gasteiger partial charge in [-0.1, -0.05) is 52.0 Å². The molecule has 158 valence electrons. The molecule has 0 aliphatic carbocycles. The first-order valence-electron chi connectivity index (χ1n) is 9.87. The second-order valence-corrected chi connectivity index (χ2v) is 8.46. The summed E-state index contributed by atoms with van der Waals surface area (Å²) in [5, 5.41) is 5.40. The molecular formula is C23H26FN3O3. The number of benzene rings is 2. The number of halogens is 1. The highest BCUT2D eigenvalue weighted by atomic mass is 19.1. The zero-order valence-corrected chi connectivity index (χ0v) is 17.6. The summed E-state index contributed by atoms with van der Waals surface area (Å²) in [6.07, 6.45) is 0.273. The lowest BCUT2D eigenvalue weighted by Gasteiger charge is -2.25. The number of nitrogens with one attached hydrogen (secondary N) is 2. The zero-order chi connectivity index (χ0) is 22.1. The fourth-order valence-electron chi connectivity index (χ4n) is 3.54. The summed E-state index contributed by atoms with van der Waals surface area (Å²) in [5.74, 6) is -1.44. The number of anilines is 1. The van der Waals surface area contributed by atoms with E-state index in [9.17, 15) is 18.8 Å². The van der Waals surface area contributed by atoms with Crippen LogP contribution in [0.1, 0.15) is 45.2 Å². The van der Waals surface area contributed by atoms with Gasteiger partial charge in [0.15, 0.2) is 0 Å². The molecule has 1 fully saturated rings. The molecule has 0 unspecified atom stereocenters. The van der Waals surface area contributed by atoms with Crippen molar-refractivity contribution in [2.45, 2.75) is 45.1 Å². The largest absolute Gasteiger partial charge is 0.325 e. The molecule has 0 saturated carbocycles. The van der Waals surface area contributed by atoms with E-state index >= 15 is 0 Å². The van der Waals surface area contributed by atoms with Gasteiger partial charge in [-0.15, -0.1) is 0 Å². The fraction of sp³-hybridized carbons (Fsp3) is 0.348. The van der Waals surface area contributed by atoms with Crippen LogP contribution in [0, 0.1) is 5.82 Å². The van der Waals surface area contributed by atoms with Crippen molar-refractivity contribution in [3.05, 3.63) is 65.5 Å². The monoisotopic (exact) mass is 411 g/mol. The van der Waals surface area contributed by atoms with Gasteiger partial charge in [0.25, 0.3) is 5.91 Å². The first-order valence-corrected chi connectivity index (χ1v) is 9.87. The minimum atomic E-state index is -1.31. The third-order valence-electron chi connectivity index (χ3n) is 5.38. The molecule has 2 aromatic carbocycles. The third-order valence-corrected chi connectivity index (χ3v) is 5.38. The van der Waals surface area contributed by atoms with Gasteiger partial charge in [0.1, 0.15) is 17.9 Å². The Kier molecular flexibility index (Phi) is 5.65. The first kappa shape index (κ1) is 21.5. The summed E-state index contributed by atoms with van der Waals surface area (Å²) < 4.78 is 13.3. The molecule has 0 bridgehead atoms. The number of nitrogens with zero attached hydrogens (tertiary/aromatic N) is 1. The molecule has 1 aliphatic heterocycles. The number of urea groups is 1. The Morgan fingerprint density at radius 3 is 2.20 bits per heavy atom. The number of imide groups is 1. The smallest absolute Gasteiger partial charge is 0.325 e. The van der Waals surface area contributed by atoms with Crippen molar-refractivity contribution < 1.29 is 18.8 Å². The predicted molar refractivity (Wildman–Crippen MR) is 112 cm³/mol. The standard InChI is InChI=1S/C23H26FN3O3/c1-5-23(16-6-10-17(24)11-7-16)20(29)27(21(30)26-23)14-19(28)25-18-12-8-15(9-13-18)22(2,3)4/h6-13H,5,14H2,1-4H3,(H,25,28)(H,26,30)/t23-/m1/s1. The average Bonchev–Trinajstić information content (AvgIpc) is 2.93. The molecule has 4 amide bonds.